The molecule has 0 radical (unpaired) electrons. The van der Waals surface area contributed by atoms with Crippen LogP contribution in [-0.2, 0) is 6.42 Å². The lowest BCUT2D eigenvalue weighted by Crippen LogP contribution is -2.31. The number of benzene rings is 1. The van der Waals surface area contributed by atoms with E-state index in [1.165, 1.54) is 30.5 Å². The van der Waals surface area contributed by atoms with Gasteiger partial charge >= 0.3 is 0 Å². The van der Waals surface area contributed by atoms with Crippen LogP contribution >= 0.6 is 0 Å². The predicted molar refractivity (Wildman–Crippen MR) is 65.1 cm³/mol. The Hall–Kier alpha value is -0.820. The van der Waals surface area contributed by atoms with Crippen LogP contribution in [0.25, 0.3) is 0 Å². The van der Waals surface area contributed by atoms with Crippen molar-refractivity contribution in [1.29, 1.82) is 0 Å². The second kappa shape index (κ2) is 3.97. The summed E-state index contributed by atoms with van der Waals surface area (Å²) in [7, 11) is 0. The summed E-state index contributed by atoms with van der Waals surface area (Å²) in [5, 5.41) is 3.58. The SMILES string of the molecule is Cc1ccc(CC2CNC(C)(C)C2)cc1. The standard InChI is InChI=1S/C14H21N/c1-11-4-6-12(7-5-11)8-13-9-14(2,3)15-10-13/h4-7,13,15H,8-10H2,1-3H3. The quantitative estimate of drug-likeness (QED) is 0.779. The molecule has 0 bridgehead atoms. The summed E-state index contributed by atoms with van der Waals surface area (Å²) in [6, 6.07) is 8.95. The van der Waals surface area contributed by atoms with Crippen LogP contribution in [0.5, 0.6) is 0 Å². The van der Waals surface area contributed by atoms with Gasteiger partial charge in [0.2, 0.25) is 0 Å². The van der Waals surface area contributed by atoms with E-state index in [0.717, 1.165) is 5.92 Å². The van der Waals surface area contributed by atoms with E-state index < -0.39 is 0 Å². The number of aryl methyl sites for hydroxylation is 1. The molecule has 1 aliphatic heterocycles. The minimum absolute atomic E-state index is 0.343. The summed E-state index contributed by atoms with van der Waals surface area (Å²) in [5.74, 6) is 0.808. The van der Waals surface area contributed by atoms with Crippen molar-refractivity contribution >= 4 is 0 Å². The van der Waals surface area contributed by atoms with Crippen LogP contribution in [0.15, 0.2) is 24.3 Å². The summed E-state index contributed by atoms with van der Waals surface area (Å²) in [6.07, 6.45) is 2.51. The van der Waals surface area contributed by atoms with Crippen molar-refractivity contribution in [3.05, 3.63) is 35.4 Å². The maximum absolute atomic E-state index is 3.58. The van der Waals surface area contributed by atoms with Gasteiger partial charge in [-0.25, -0.2) is 0 Å². The lowest BCUT2D eigenvalue weighted by molar-refractivity contribution is 0.440. The van der Waals surface area contributed by atoms with Gasteiger partial charge in [-0.1, -0.05) is 29.8 Å². The highest BCUT2D eigenvalue weighted by molar-refractivity contribution is 5.22. The molecular formula is C14H21N. The Labute approximate surface area is 92.9 Å². The monoisotopic (exact) mass is 203 g/mol. The zero-order valence-electron chi connectivity index (χ0n) is 10.0. The van der Waals surface area contributed by atoms with Crippen molar-refractivity contribution in [2.45, 2.75) is 39.2 Å². The topological polar surface area (TPSA) is 12.0 Å². The molecule has 82 valence electrons. The first-order chi connectivity index (χ1) is 7.05. The number of rotatable bonds is 2. The Bertz CT molecular complexity index is 324. The molecule has 1 atom stereocenters. The van der Waals surface area contributed by atoms with Gasteiger partial charge in [-0.05, 0) is 51.6 Å². The third-order valence-corrected chi connectivity index (χ3v) is 3.31. The van der Waals surface area contributed by atoms with Gasteiger partial charge in [0.15, 0.2) is 0 Å². The molecule has 0 spiro atoms. The van der Waals surface area contributed by atoms with Crippen LogP contribution in [0.1, 0.15) is 31.4 Å². The highest BCUT2D eigenvalue weighted by atomic mass is 15.0. The van der Waals surface area contributed by atoms with Gasteiger partial charge in [-0.3, -0.25) is 0 Å². The maximum Gasteiger partial charge on any atom is 0.0128 e. The molecule has 1 aromatic rings. The van der Waals surface area contributed by atoms with Gasteiger partial charge < -0.3 is 5.32 Å². The van der Waals surface area contributed by atoms with E-state index in [1.807, 2.05) is 0 Å². The lowest BCUT2D eigenvalue weighted by atomic mass is 9.92. The first kappa shape index (κ1) is 10.7. The molecule has 1 saturated heterocycles. The Morgan fingerprint density at radius 2 is 1.93 bits per heavy atom. The molecule has 15 heavy (non-hydrogen) atoms. The van der Waals surface area contributed by atoms with Crippen molar-refractivity contribution in [3.63, 3.8) is 0 Å². The van der Waals surface area contributed by atoms with E-state index in [0.29, 0.717) is 5.54 Å². The fraction of sp³-hybridized carbons (Fsp3) is 0.571. The Kier molecular flexibility index (Phi) is 2.83. The van der Waals surface area contributed by atoms with Gasteiger partial charge in [0.1, 0.15) is 0 Å². The Morgan fingerprint density at radius 1 is 1.27 bits per heavy atom. The van der Waals surface area contributed by atoms with Gasteiger partial charge in [-0.2, -0.15) is 0 Å². The lowest BCUT2D eigenvalue weighted by Gasteiger charge is -2.17. The van der Waals surface area contributed by atoms with E-state index in [9.17, 15) is 0 Å². The predicted octanol–water partition coefficient (Wildman–Crippen LogP) is 2.93. The van der Waals surface area contributed by atoms with Crippen molar-refractivity contribution < 1.29 is 0 Å². The highest BCUT2D eigenvalue weighted by Crippen LogP contribution is 2.26. The highest BCUT2D eigenvalue weighted by Gasteiger charge is 2.29. The van der Waals surface area contributed by atoms with Crippen molar-refractivity contribution in [2.24, 2.45) is 5.92 Å². The molecule has 2 rings (SSSR count). The molecule has 1 N–H and O–H groups in total. The summed E-state index contributed by atoms with van der Waals surface area (Å²) in [4.78, 5) is 0. The molecule has 0 amide bonds. The van der Waals surface area contributed by atoms with Gasteiger partial charge in [0.05, 0.1) is 0 Å². The summed E-state index contributed by atoms with van der Waals surface area (Å²) in [6.45, 7) is 7.90. The smallest absolute Gasteiger partial charge is 0.0128 e. The second-order valence-corrected chi connectivity index (χ2v) is 5.52. The van der Waals surface area contributed by atoms with E-state index in [1.54, 1.807) is 0 Å². The second-order valence-electron chi connectivity index (χ2n) is 5.52. The average molecular weight is 203 g/mol. The van der Waals surface area contributed by atoms with Crippen LogP contribution < -0.4 is 5.32 Å². The number of hydrogen-bond donors (Lipinski definition) is 1. The average Bonchev–Trinajstić information content (AvgIpc) is 2.50. The van der Waals surface area contributed by atoms with Gasteiger partial charge in [0.25, 0.3) is 0 Å². The van der Waals surface area contributed by atoms with Crippen molar-refractivity contribution in [1.82, 2.24) is 5.32 Å². The molecule has 1 aromatic carbocycles. The van der Waals surface area contributed by atoms with E-state index in [2.05, 4.69) is 50.4 Å². The largest absolute Gasteiger partial charge is 0.311 e. The fourth-order valence-corrected chi connectivity index (χ4v) is 2.49. The normalized spacial score (nSPS) is 24.3. The molecule has 0 saturated carbocycles. The van der Waals surface area contributed by atoms with E-state index in [4.69, 9.17) is 0 Å². The van der Waals surface area contributed by atoms with Crippen LogP contribution in [-0.4, -0.2) is 12.1 Å². The van der Waals surface area contributed by atoms with E-state index >= 15 is 0 Å². The van der Waals surface area contributed by atoms with Crippen LogP contribution in [0.2, 0.25) is 0 Å². The first-order valence-corrected chi connectivity index (χ1v) is 5.86. The zero-order chi connectivity index (χ0) is 10.9. The summed E-state index contributed by atoms with van der Waals surface area (Å²) < 4.78 is 0. The number of hydrogen-bond acceptors (Lipinski definition) is 1. The summed E-state index contributed by atoms with van der Waals surface area (Å²) in [5.41, 5.74) is 3.17. The van der Waals surface area contributed by atoms with Crippen LogP contribution in [0.3, 0.4) is 0 Å². The van der Waals surface area contributed by atoms with E-state index in [-0.39, 0.29) is 0 Å². The minimum Gasteiger partial charge on any atom is -0.311 e. The molecule has 0 aromatic heterocycles. The minimum atomic E-state index is 0.343. The molecule has 1 unspecified atom stereocenters. The summed E-state index contributed by atoms with van der Waals surface area (Å²) >= 11 is 0. The Balaban J connectivity index is 1.96. The van der Waals surface area contributed by atoms with Gasteiger partial charge in [-0.15, -0.1) is 0 Å². The third-order valence-electron chi connectivity index (χ3n) is 3.31. The third kappa shape index (κ3) is 2.82. The van der Waals surface area contributed by atoms with Crippen molar-refractivity contribution in [2.75, 3.05) is 6.54 Å². The molecule has 1 heterocycles. The zero-order valence-corrected chi connectivity index (χ0v) is 10.0. The first-order valence-electron chi connectivity index (χ1n) is 5.86. The number of nitrogens with one attached hydrogen (secondary N) is 1. The molecule has 0 aliphatic carbocycles. The molecule has 1 aliphatic rings. The van der Waals surface area contributed by atoms with Crippen LogP contribution in [0, 0.1) is 12.8 Å². The molecular weight excluding hydrogens is 182 g/mol. The Morgan fingerprint density at radius 3 is 2.47 bits per heavy atom. The van der Waals surface area contributed by atoms with Gasteiger partial charge in [0, 0.05) is 5.54 Å². The van der Waals surface area contributed by atoms with Crippen LogP contribution in [0.4, 0.5) is 0 Å². The van der Waals surface area contributed by atoms with Crippen molar-refractivity contribution in [3.8, 4) is 0 Å². The molecule has 1 heteroatoms. The fourth-order valence-electron chi connectivity index (χ4n) is 2.49. The maximum atomic E-state index is 3.58. The molecule has 1 nitrogen and oxygen atoms in total. The molecule has 1 fully saturated rings.